The van der Waals surface area contributed by atoms with Crippen molar-refractivity contribution in [3.8, 4) is 5.75 Å². The highest BCUT2D eigenvalue weighted by Crippen LogP contribution is 2.25. The van der Waals surface area contributed by atoms with E-state index in [1.165, 1.54) is 11.1 Å². The summed E-state index contributed by atoms with van der Waals surface area (Å²) in [6.07, 6.45) is 5.20. The minimum Gasteiger partial charge on any atom is -0.508 e. The molecule has 0 aliphatic carbocycles. The van der Waals surface area contributed by atoms with Gasteiger partial charge in [0.05, 0.1) is 0 Å². The van der Waals surface area contributed by atoms with Crippen LogP contribution < -0.4 is 0 Å². The normalized spacial score (nSPS) is 15.6. The van der Waals surface area contributed by atoms with E-state index in [0.29, 0.717) is 5.75 Å². The molecule has 0 saturated heterocycles. The molecule has 0 spiro atoms. The number of benzene rings is 1. The summed E-state index contributed by atoms with van der Waals surface area (Å²) in [5.41, 5.74) is 5.39. The van der Waals surface area contributed by atoms with Crippen molar-refractivity contribution < 1.29 is 5.11 Å². The highest BCUT2D eigenvalue weighted by Gasteiger charge is 2.15. The first-order valence-electron chi connectivity index (χ1n) is 8.19. The van der Waals surface area contributed by atoms with Crippen molar-refractivity contribution in [2.75, 3.05) is 13.1 Å². The highest BCUT2D eigenvalue weighted by molar-refractivity contribution is 5.77. The summed E-state index contributed by atoms with van der Waals surface area (Å²) in [5, 5.41) is 17.9. The average molecular weight is 320 g/mol. The predicted molar refractivity (Wildman–Crippen MR) is 94.6 cm³/mol. The number of aromatic amines is 1. The number of fused-ring (bicyclic) bond motifs is 1. The number of phenols is 1. The predicted octanol–water partition coefficient (Wildman–Crippen LogP) is 3.26. The average Bonchev–Trinajstić information content (AvgIpc) is 2.96. The minimum atomic E-state index is 0.315. The molecule has 0 saturated carbocycles. The Morgan fingerprint density at radius 1 is 1.29 bits per heavy atom. The quantitative estimate of drug-likeness (QED) is 0.777. The van der Waals surface area contributed by atoms with Crippen molar-refractivity contribution in [1.29, 1.82) is 0 Å². The molecule has 1 aromatic carbocycles. The second-order valence-corrected chi connectivity index (χ2v) is 6.34. The monoisotopic (exact) mass is 320 g/mol. The Labute approximate surface area is 140 Å². The number of nitrogens with one attached hydrogen (secondary N) is 1. The first-order chi connectivity index (χ1) is 11.7. The molecular weight excluding hydrogens is 300 g/mol. The molecule has 4 rings (SSSR count). The summed E-state index contributed by atoms with van der Waals surface area (Å²) in [6, 6.07) is 9.66. The molecule has 5 heteroatoms. The molecule has 24 heavy (non-hydrogen) atoms. The van der Waals surface area contributed by atoms with Crippen LogP contribution in [-0.2, 0) is 6.54 Å². The fourth-order valence-corrected chi connectivity index (χ4v) is 3.26. The maximum absolute atomic E-state index is 9.69. The van der Waals surface area contributed by atoms with Gasteiger partial charge in [0.2, 0.25) is 0 Å². The van der Waals surface area contributed by atoms with Crippen LogP contribution in [0.25, 0.3) is 16.6 Å². The Balaban J connectivity index is 1.52. The smallest absolute Gasteiger partial charge is 0.181 e. The Hall–Kier alpha value is -2.66. The van der Waals surface area contributed by atoms with Crippen molar-refractivity contribution in [1.82, 2.24) is 20.1 Å². The van der Waals surface area contributed by atoms with Gasteiger partial charge in [-0.05, 0) is 48.2 Å². The van der Waals surface area contributed by atoms with Gasteiger partial charge in [0.1, 0.15) is 5.75 Å². The van der Waals surface area contributed by atoms with E-state index >= 15 is 0 Å². The van der Waals surface area contributed by atoms with E-state index in [1.54, 1.807) is 6.07 Å². The molecule has 0 amide bonds. The molecule has 0 fully saturated rings. The molecule has 2 aromatic heterocycles. The third-order valence-electron chi connectivity index (χ3n) is 4.51. The summed E-state index contributed by atoms with van der Waals surface area (Å²) in [4.78, 5) is 6.85. The van der Waals surface area contributed by atoms with Gasteiger partial charge in [-0.3, -0.25) is 10.00 Å². The minimum absolute atomic E-state index is 0.315. The van der Waals surface area contributed by atoms with E-state index in [2.05, 4.69) is 38.3 Å². The van der Waals surface area contributed by atoms with Gasteiger partial charge < -0.3 is 5.11 Å². The second-order valence-electron chi connectivity index (χ2n) is 6.34. The third kappa shape index (κ3) is 2.90. The van der Waals surface area contributed by atoms with Gasteiger partial charge in [-0.2, -0.15) is 5.10 Å². The van der Waals surface area contributed by atoms with Gasteiger partial charge in [-0.25, -0.2) is 4.98 Å². The number of nitrogens with zero attached hydrogens (tertiary/aromatic N) is 3. The van der Waals surface area contributed by atoms with Crippen LogP contribution in [0.15, 0.2) is 42.6 Å². The zero-order chi connectivity index (χ0) is 16.5. The summed E-state index contributed by atoms with van der Waals surface area (Å²) < 4.78 is 0. The molecule has 1 aliphatic rings. The van der Waals surface area contributed by atoms with Crippen molar-refractivity contribution in [2.45, 2.75) is 19.9 Å². The third-order valence-corrected chi connectivity index (χ3v) is 4.51. The molecule has 3 heterocycles. The van der Waals surface area contributed by atoms with Crippen LogP contribution in [0.3, 0.4) is 0 Å². The topological polar surface area (TPSA) is 65.0 Å². The van der Waals surface area contributed by atoms with E-state index in [9.17, 15) is 5.11 Å². The number of aromatic nitrogens is 3. The number of H-pyrrole nitrogens is 1. The van der Waals surface area contributed by atoms with Gasteiger partial charge >= 0.3 is 0 Å². The summed E-state index contributed by atoms with van der Waals surface area (Å²) in [7, 11) is 0. The SMILES string of the molecule is Cc1[nH]nc2ncc(CN3CCC=C(c4cccc(O)c4)C3)cc12. The Morgan fingerprint density at radius 2 is 2.21 bits per heavy atom. The Kier molecular flexibility index (Phi) is 3.78. The maximum Gasteiger partial charge on any atom is 0.181 e. The first kappa shape index (κ1) is 14.9. The fraction of sp³-hybridized carbons (Fsp3) is 0.263. The number of aryl methyl sites for hydroxylation is 1. The molecule has 3 aromatic rings. The van der Waals surface area contributed by atoms with Crippen LogP contribution in [-0.4, -0.2) is 38.3 Å². The van der Waals surface area contributed by atoms with Crippen molar-refractivity contribution in [3.05, 3.63) is 59.4 Å². The van der Waals surface area contributed by atoms with Gasteiger partial charge in [0.15, 0.2) is 5.65 Å². The van der Waals surface area contributed by atoms with Gasteiger partial charge in [-0.1, -0.05) is 18.2 Å². The first-order valence-corrected chi connectivity index (χ1v) is 8.19. The maximum atomic E-state index is 9.69. The van der Waals surface area contributed by atoms with Crippen molar-refractivity contribution in [2.24, 2.45) is 0 Å². The molecule has 0 radical (unpaired) electrons. The highest BCUT2D eigenvalue weighted by atomic mass is 16.3. The lowest BCUT2D eigenvalue weighted by Gasteiger charge is -2.27. The van der Waals surface area contributed by atoms with Gasteiger partial charge in [0, 0.05) is 36.9 Å². The molecule has 0 atom stereocenters. The molecule has 0 unspecified atom stereocenters. The van der Waals surface area contributed by atoms with E-state index < -0.39 is 0 Å². The van der Waals surface area contributed by atoms with E-state index in [4.69, 9.17) is 0 Å². The van der Waals surface area contributed by atoms with Crippen molar-refractivity contribution >= 4 is 16.6 Å². The van der Waals surface area contributed by atoms with E-state index in [-0.39, 0.29) is 0 Å². The second kappa shape index (κ2) is 6.09. The standard InChI is InChI=1S/C19H20N4O/c1-13-18-8-14(10-20-19(18)22-21-13)11-23-7-3-5-16(12-23)15-4-2-6-17(24)9-15/h2,4-6,8-10,24H,3,7,11-12H2,1H3,(H,20,21,22). The Morgan fingerprint density at radius 3 is 3.08 bits per heavy atom. The fourth-order valence-electron chi connectivity index (χ4n) is 3.26. The summed E-state index contributed by atoms with van der Waals surface area (Å²) in [5.74, 6) is 0.315. The van der Waals surface area contributed by atoms with Crippen LogP contribution >= 0.6 is 0 Å². The van der Waals surface area contributed by atoms with E-state index in [0.717, 1.165) is 48.3 Å². The van der Waals surface area contributed by atoms with Crippen LogP contribution in [0.5, 0.6) is 5.75 Å². The zero-order valence-corrected chi connectivity index (χ0v) is 13.7. The number of phenolic OH excluding ortho intramolecular Hbond substituents is 1. The Bertz CT molecular complexity index is 913. The molecule has 122 valence electrons. The largest absolute Gasteiger partial charge is 0.508 e. The zero-order valence-electron chi connectivity index (χ0n) is 13.7. The molecule has 0 bridgehead atoms. The van der Waals surface area contributed by atoms with Gasteiger partial charge in [0.25, 0.3) is 0 Å². The molecular formula is C19H20N4O. The van der Waals surface area contributed by atoms with Crippen molar-refractivity contribution in [3.63, 3.8) is 0 Å². The van der Waals surface area contributed by atoms with Gasteiger partial charge in [-0.15, -0.1) is 0 Å². The number of rotatable bonds is 3. The lowest BCUT2D eigenvalue weighted by Crippen LogP contribution is -2.29. The van der Waals surface area contributed by atoms with Crippen LogP contribution in [0.4, 0.5) is 0 Å². The lowest BCUT2D eigenvalue weighted by atomic mass is 10.0. The molecule has 5 nitrogen and oxygen atoms in total. The number of hydrogen-bond acceptors (Lipinski definition) is 4. The number of pyridine rings is 1. The lowest BCUT2D eigenvalue weighted by molar-refractivity contribution is 0.296. The summed E-state index contributed by atoms with van der Waals surface area (Å²) in [6.45, 7) is 4.80. The van der Waals surface area contributed by atoms with E-state index in [1.807, 2.05) is 25.3 Å². The number of aromatic hydroxyl groups is 1. The van der Waals surface area contributed by atoms with Crippen LogP contribution in [0.1, 0.15) is 23.2 Å². The molecule has 1 aliphatic heterocycles. The summed E-state index contributed by atoms with van der Waals surface area (Å²) >= 11 is 0. The van der Waals surface area contributed by atoms with Crippen LogP contribution in [0, 0.1) is 6.92 Å². The number of hydrogen-bond donors (Lipinski definition) is 2. The van der Waals surface area contributed by atoms with Crippen LogP contribution in [0.2, 0.25) is 0 Å². The molecule has 2 N–H and O–H groups in total.